The zero-order valence-electron chi connectivity index (χ0n) is 17.8. The number of Topliss-reactive ketones (excluding diaryl/α,β-unsaturated/α-hetero) is 1. The fraction of sp³-hybridized carbons (Fsp3) is 0.292. The van der Waals surface area contributed by atoms with Gasteiger partial charge in [0.1, 0.15) is 5.54 Å². The van der Waals surface area contributed by atoms with E-state index in [1.807, 2.05) is 44.2 Å². The predicted molar refractivity (Wildman–Crippen MR) is 120 cm³/mol. The van der Waals surface area contributed by atoms with Crippen LogP contribution in [0, 0.1) is 13.8 Å². The first-order chi connectivity index (χ1) is 14.8. The Morgan fingerprint density at radius 3 is 2.52 bits per heavy atom. The maximum atomic E-state index is 13.1. The second kappa shape index (κ2) is 8.15. The number of urea groups is 1. The highest BCUT2D eigenvalue weighted by Crippen LogP contribution is 2.29. The van der Waals surface area contributed by atoms with Gasteiger partial charge in [0.25, 0.3) is 5.91 Å². The van der Waals surface area contributed by atoms with Gasteiger partial charge in [-0.2, -0.15) is 0 Å². The van der Waals surface area contributed by atoms with Gasteiger partial charge >= 0.3 is 6.03 Å². The van der Waals surface area contributed by atoms with Gasteiger partial charge in [-0.15, -0.1) is 11.3 Å². The molecule has 1 atom stereocenters. The van der Waals surface area contributed by atoms with Crippen molar-refractivity contribution in [3.63, 3.8) is 0 Å². The smallest absolute Gasteiger partial charge is 0.325 e. The summed E-state index contributed by atoms with van der Waals surface area (Å²) in [4.78, 5) is 41.0. The van der Waals surface area contributed by atoms with Gasteiger partial charge in [0.15, 0.2) is 5.78 Å². The number of hydrogen-bond donors (Lipinski definition) is 1. The number of imide groups is 1. The van der Waals surface area contributed by atoms with Crippen molar-refractivity contribution in [2.45, 2.75) is 39.3 Å². The van der Waals surface area contributed by atoms with Crippen molar-refractivity contribution in [2.24, 2.45) is 0 Å². The molecule has 0 spiro atoms. The first kappa shape index (κ1) is 21.1. The van der Waals surface area contributed by atoms with Gasteiger partial charge in [-0.05, 0) is 50.3 Å². The van der Waals surface area contributed by atoms with Crippen LogP contribution in [0.25, 0.3) is 0 Å². The third-order valence-electron chi connectivity index (χ3n) is 5.96. The maximum absolute atomic E-state index is 13.1. The van der Waals surface area contributed by atoms with Gasteiger partial charge in [0.2, 0.25) is 0 Å². The fourth-order valence-corrected chi connectivity index (χ4v) is 4.84. The highest BCUT2D eigenvalue weighted by atomic mass is 32.1. The SMILES string of the molecule is Cc1cc(C(=O)CN2C(=O)NC(C)(c3ccccc3)C2=O)c(C)n1CCc1cccs1. The van der Waals surface area contributed by atoms with Gasteiger partial charge in [-0.3, -0.25) is 14.5 Å². The summed E-state index contributed by atoms with van der Waals surface area (Å²) in [6.45, 7) is 6.06. The summed E-state index contributed by atoms with van der Waals surface area (Å²) >= 11 is 1.72. The highest BCUT2D eigenvalue weighted by Gasteiger charge is 2.49. The highest BCUT2D eigenvalue weighted by molar-refractivity contribution is 7.09. The molecule has 3 heterocycles. The van der Waals surface area contributed by atoms with Gasteiger partial charge in [-0.25, -0.2) is 4.79 Å². The molecule has 2 aromatic heterocycles. The quantitative estimate of drug-likeness (QED) is 0.449. The summed E-state index contributed by atoms with van der Waals surface area (Å²) in [5.41, 5.74) is 1.92. The number of nitrogens with one attached hydrogen (secondary N) is 1. The van der Waals surface area contributed by atoms with Crippen LogP contribution in [0.15, 0.2) is 53.9 Å². The zero-order chi connectivity index (χ0) is 22.2. The maximum Gasteiger partial charge on any atom is 0.325 e. The molecule has 3 amide bonds. The van der Waals surface area contributed by atoms with Crippen molar-refractivity contribution in [2.75, 3.05) is 6.54 Å². The number of rotatable bonds is 7. The summed E-state index contributed by atoms with van der Waals surface area (Å²) in [7, 11) is 0. The fourth-order valence-electron chi connectivity index (χ4n) is 4.14. The minimum absolute atomic E-state index is 0.240. The number of amides is 3. The van der Waals surface area contributed by atoms with Crippen molar-refractivity contribution in [3.05, 3.63) is 81.3 Å². The van der Waals surface area contributed by atoms with Crippen LogP contribution in [-0.4, -0.2) is 33.7 Å². The number of ketones is 1. The number of benzene rings is 1. The molecule has 0 aliphatic carbocycles. The molecule has 4 rings (SSSR count). The Balaban J connectivity index is 1.51. The molecule has 1 aliphatic rings. The van der Waals surface area contributed by atoms with Crippen LogP contribution in [0.1, 0.15) is 39.1 Å². The molecule has 3 aromatic rings. The third-order valence-corrected chi connectivity index (χ3v) is 6.90. The van der Waals surface area contributed by atoms with Crippen molar-refractivity contribution in [3.8, 4) is 0 Å². The monoisotopic (exact) mass is 435 g/mol. The molecule has 1 N–H and O–H groups in total. The Bertz CT molecular complexity index is 1130. The molecule has 160 valence electrons. The largest absolute Gasteiger partial charge is 0.348 e. The molecule has 1 unspecified atom stereocenters. The standard InChI is InChI=1S/C24H25N3O3S/c1-16-14-20(17(2)26(16)12-11-19-10-7-13-31-19)21(28)15-27-22(29)24(3,25-23(27)30)18-8-5-4-6-9-18/h4-10,13-14H,11-12,15H2,1-3H3,(H,25,30). The van der Waals surface area contributed by atoms with E-state index < -0.39 is 17.5 Å². The van der Waals surface area contributed by atoms with Crippen LogP contribution in [0.2, 0.25) is 0 Å². The second-order valence-electron chi connectivity index (χ2n) is 8.00. The van der Waals surface area contributed by atoms with E-state index in [1.54, 1.807) is 30.4 Å². The van der Waals surface area contributed by atoms with Gasteiger partial charge in [0, 0.05) is 28.4 Å². The number of aromatic nitrogens is 1. The normalized spacial score (nSPS) is 18.5. The van der Waals surface area contributed by atoms with E-state index in [2.05, 4.69) is 21.3 Å². The number of carbonyl (C=O) groups is 3. The van der Waals surface area contributed by atoms with E-state index >= 15 is 0 Å². The Labute approximate surface area is 185 Å². The molecule has 1 aliphatic heterocycles. The Morgan fingerprint density at radius 2 is 1.84 bits per heavy atom. The summed E-state index contributed by atoms with van der Waals surface area (Å²) in [6, 6.07) is 14.5. The number of carbonyl (C=O) groups excluding carboxylic acids is 3. The minimum atomic E-state index is -1.17. The topological polar surface area (TPSA) is 71.4 Å². The first-order valence-corrected chi connectivity index (χ1v) is 11.1. The first-order valence-electron chi connectivity index (χ1n) is 10.2. The number of nitrogens with zero attached hydrogens (tertiary/aromatic N) is 2. The lowest BCUT2D eigenvalue weighted by Gasteiger charge is -2.22. The lowest BCUT2D eigenvalue weighted by molar-refractivity contribution is -0.130. The molecule has 7 heteroatoms. The molecular formula is C24H25N3O3S. The third kappa shape index (κ3) is 3.81. The van der Waals surface area contributed by atoms with E-state index in [-0.39, 0.29) is 12.3 Å². The molecule has 0 radical (unpaired) electrons. The van der Waals surface area contributed by atoms with Crippen molar-refractivity contribution in [1.82, 2.24) is 14.8 Å². The van der Waals surface area contributed by atoms with Crippen LogP contribution in [0.5, 0.6) is 0 Å². The van der Waals surface area contributed by atoms with Gasteiger partial charge < -0.3 is 9.88 Å². The molecule has 1 fully saturated rings. The average molecular weight is 436 g/mol. The number of hydrogen-bond acceptors (Lipinski definition) is 4. The van der Waals surface area contributed by atoms with Crippen LogP contribution in [0.4, 0.5) is 4.79 Å². The van der Waals surface area contributed by atoms with E-state index in [0.29, 0.717) is 11.1 Å². The van der Waals surface area contributed by atoms with E-state index in [1.165, 1.54) is 4.88 Å². The summed E-state index contributed by atoms with van der Waals surface area (Å²) in [6.07, 6.45) is 0.893. The van der Waals surface area contributed by atoms with Gasteiger partial charge in [-0.1, -0.05) is 36.4 Å². The summed E-state index contributed by atoms with van der Waals surface area (Å²) in [5, 5.41) is 4.81. The molecule has 31 heavy (non-hydrogen) atoms. The second-order valence-corrected chi connectivity index (χ2v) is 9.03. The van der Waals surface area contributed by atoms with E-state index in [4.69, 9.17) is 0 Å². The lowest BCUT2D eigenvalue weighted by atomic mass is 9.92. The van der Waals surface area contributed by atoms with Crippen molar-refractivity contribution >= 4 is 29.1 Å². The molecule has 0 bridgehead atoms. The average Bonchev–Trinajstić information content (AvgIpc) is 3.43. The summed E-state index contributed by atoms with van der Waals surface area (Å²) < 4.78 is 2.12. The Morgan fingerprint density at radius 1 is 1.10 bits per heavy atom. The van der Waals surface area contributed by atoms with E-state index in [9.17, 15) is 14.4 Å². The van der Waals surface area contributed by atoms with Crippen LogP contribution < -0.4 is 5.32 Å². The Kier molecular flexibility index (Phi) is 5.54. The van der Waals surface area contributed by atoms with Crippen LogP contribution >= 0.6 is 11.3 Å². The van der Waals surface area contributed by atoms with Crippen LogP contribution in [0.3, 0.4) is 0 Å². The molecular weight excluding hydrogens is 410 g/mol. The minimum Gasteiger partial charge on any atom is -0.348 e. The van der Waals surface area contributed by atoms with Crippen molar-refractivity contribution in [1.29, 1.82) is 0 Å². The number of aryl methyl sites for hydroxylation is 2. The summed E-state index contributed by atoms with van der Waals surface area (Å²) in [5.74, 6) is -0.653. The van der Waals surface area contributed by atoms with E-state index in [0.717, 1.165) is 29.3 Å². The van der Waals surface area contributed by atoms with Gasteiger partial charge in [0.05, 0.1) is 6.54 Å². The van der Waals surface area contributed by atoms with Crippen molar-refractivity contribution < 1.29 is 14.4 Å². The zero-order valence-corrected chi connectivity index (χ0v) is 18.7. The predicted octanol–water partition coefficient (Wildman–Crippen LogP) is 4.06. The molecule has 0 saturated carbocycles. The Hall–Kier alpha value is -3.19. The molecule has 1 aromatic carbocycles. The number of thiophene rings is 1. The lowest BCUT2D eigenvalue weighted by Crippen LogP contribution is -2.41. The molecule has 1 saturated heterocycles. The van der Waals surface area contributed by atoms with Crippen LogP contribution in [-0.2, 0) is 23.3 Å². The molecule has 6 nitrogen and oxygen atoms in total.